The topological polar surface area (TPSA) is 111 Å². The summed E-state index contributed by atoms with van der Waals surface area (Å²) in [6, 6.07) is 14.3. The SMILES string of the molecule is CCN(CC)S(=O)(=O)c1ccc(/C=C\C(=O)N2CSC[C@H]2C(=O)Nc2ccc(C#N)cc2)cc1. The Balaban J connectivity index is 1.65. The first-order valence-corrected chi connectivity index (χ1v) is 13.4. The summed E-state index contributed by atoms with van der Waals surface area (Å²) in [4.78, 5) is 27.2. The number of nitrogens with one attached hydrogen (secondary N) is 1. The first-order valence-electron chi connectivity index (χ1n) is 10.8. The number of benzene rings is 2. The fourth-order valence-electron chi connectivity index (χ4n) is 3.46. The molecule has 1 fully saturated rings. The number of nitriles is 1. The van der Waals surface area contributed by atoms with Crippen LogP contribution in [0.5, 0.6) is 0 Å². The number of rotatable bonds is 8. The van der Waals surface area contributed by atoms with E-state index in [0.717, 1.165) is 0 Å². The molecule has 1 atom stereocenters. The van der Waals surface area contributed by atoms with Gasteiger partial charge in [-0.3, -0.25) is 9.59 Å². The maximum absolute atomic E-state index is 12.8. The van der Waals surface area contributed by atoms with Crippen molar-refractivity contribution in [3.8, 4) is 6.07 Å². The Hall–Kier alpha value is -3.13. The molecule has 1 heterocycles. The van der Waals surface area contributed by atoms with Crippen molar-refractivity contribution in [1.29, 1.82) is 5.26 Å². The van der Waals surface area contributed by atoms with Gasteiger partial charge >= 0.3 is 0 Å². The lowest BCUT2D eigenvalue weighted by atomic mass is 10.2. The van der Waals surface area contributed by atoms with Crippen molar-refractivity contribution in [2.75, 3.05) is 30.0 Å². The van der Waals surface area contributed by atoms with Crippen molar-refractivity contribution >= 4 is 45.4 Å². The van der Waals surface area contributed by atoms with Crippen LogP contribution in [-0.4, -0.2) is 60.2 Å². The van der Waals surface area contributed by atoms with Gasteiger partial charge < -0.3 is 10.2 Å². The molecule has 10 heteroatoms. The van der Waals surface area contributed by atoms with Crippen molar-refractivity contribution in [2.45, 2.75) is 24.8 Å². The normalized spacial score (nSPS) is 16.1. The van der Waals surface area contributed by atoms with Crippen molar-refractivity contribution in [1.82, 2.24) is 9.21 Å². The van der Waals surface area contributed by atoms with Gasteiger partial charge in [-0.15, -0.1) is 11.8 Å². The summed E-state index contributed by atoms with van der Waals surface area (Å²) >= 11 is 1.49. The van der Waals surface area contributed by atoms with E-state index in [1.54, 1.807) is 56.3 Å². The number of sulfonamides is 1. The summed E-state index contributed by atoms with van der Waals surface area (Å²) in [6.45, 7) is 4.36. The van der Waals surface area contributed by atoms with Crippen LogP contribution < -0.4 is 5.32 Å². The third-order valence-corrected chi connectivity index (χ3v) is 8.47. The standard InChI is InChI=1S/C24H26N4O4S2/c1-3-27(4-2)34(31,32)21-12-7-18(8-13-21)9-14-23(29)28-17-33-16-22(28)24(30)26-20-10-5-19(15-25)6-11-20/h5-14,22H,3-4,16-17H2,1-2H3,(H,26,30)/b14-9-/t22-/m0/s1. The second kappa shape index (κ2) is 11.3. The van der Waals surface area contributed by atoms with Gasteiger partial charge in [0.15, 0.2) is 0 Å². The highest BCUT2D eigenvalue weighted by Gasteiger charge is 2.33. The summed E-state index contributed by atoms with van der Waals surface area (Å²) in [7, 11) is -3.54. The van der Waals surface area contributed by atoms with Crippen LogP contribution in [0.15, 0.2) is 59.5 Å². The van der Waals surface area contributed by atoms with Crippen LogP contribution in [-0.2, 0) is 19.6 Å². The molecule has 1 saturated heterocycles. The van der Waals surface area contributed by atoms with Crippen LogP contribution in [0.3, 0.4) is 0 Å². The van der Waals surface area contributed by atoms with Gasteiger partial charge in [-0.25, -0.2) is 8.42 Å². The molecule has 1 aliphatic heterocycles. The van der Waals surface area contributed by atoms with Crippen molar-refractivity contribution in [3.63, 3.8) is 0 Å². The molecule has 0 aromatic heterocycles. The minimum Gasteiger partial charge on any atom is -0.324 e. The Morgan fingerprint density at radius 1 is 1.15 bits per heavy atom. The number of amides is 2. The number of nitrogens with zero attached hydrogens (tertiary/aromatic N) is 3. The Kier molecular flexibility index (Phi) is 8.50. The number of carbonyl (C=O) groups excluding carboxylic acids is 2. The molecule has 2 amide bonds. The van der Waals surface area contributed by atoms with Crippen LogP contribution >= 0.6 is 11.8 Å². The van der Waals surface area contributed by atoms with E-state index in [1.807, 2.05) is 6.07 Å². The first kappa shape index (κ1) is 25.5. The summed E-state index contributed by atoms with van der Waals surface area (Å²) in [5, 5.41) is 11.7. The van der Waals surface area contributed by atoms with E-state index in [2.05, 4.69) is 5.32 Å². The van der Waals surface area contributed by atoms with Crippen LogP contribution in [0.25, 0.3) is 6.08 Å². The molecule has 0 unspecified atom stereocenters. The Labute approximate surface area is 204 Å². The van der Waals surface area contributed by atoms with E-state index in [9.17, 15) is 18.0 Å². The minimum atomic E-state index is -3.54. The third-order valence-electron chi connectivity index (χ3n) is 5.39. The second-order valence-electron chi connectivity index (χ2n) is 7.49. The molecule has 0 saturated carbocycles. The molecule has 2 aromatic carbocycles. The highest BCUT2D eigenvalue weighted by Crippen LogP contribution is 2.23. The third kappa shape index (κ3) is 5.86. The smallest absolute Gasteiger partial charge is 0.248 e. The Morgan fingerprint density at radius 3 is 2.38 bits per heavy atom. The largest absolute Gasteiger partial charge is 0.324 e. The average Bonchev–Trinajstić information content (AvgIpc) is 3.34. The van der Waals surface area contributed by atoms with Crippen LogP contribution in [0.1, 0.15) is 25.0 Å². The summed E-state index contributed by atoms with van der Waals surface area (Å²) in [5.41, 5.74) is 1.73. The number of anilines is 1. The highest BCUT2D eigenvalue weighted by atomic mass is 32.2. The monoisotopic (exact) mass is 498 g/mol. The maximum Gasteiger partial charge on any atom is 0.248 e. The molecule has 1 aliphatic rings. The van der Waals surface area contributed by atoms with E-state index in [-0.39, 0.29) is 16.7 Å². The molecule has 178 valence electrons. The van der Waals surface area contributed by atoms with E-state index in [0.29, 0.717) is 41.5 Å². The zero-order valence-electron chi connectivity index (χ0n) is 19.0. The predicted octanol–water partition coefficient (Wildman–Crippen LogP) is 3.14. The van der Waals surface area contributed by atoms with E-state index in [1.165, 1.54) is 39.2 Å². The molecule has 0 radical (unpaired) electrons. The summed E-state index contributed by atoms with van der Waals surface area (Å²) < 4.78 is 26.6. The molecule has 0 aliphatic carbocycles. The molecule has 1 N–H and O–H groups in total. The van der Waals surface area contributed by atoms with Crippen LogP contribution in [0, 0.1) is 11.3 Å². The lowest BCUT2D eigenvalue weighted by Crippen LogP contribution is -2.43. The summed E-state index contributed by atoms with van der Waals surface area (Å²) in [5.74, 6) is 0.294. The molecule has 8 nitrogen and oxygen atoms in total. The molecule has 3 rings (SSSR count). The van der Waals surface area contributed by atoms with Gasteiger partial charge in [-0.1, -0.05) is 26.0 Å². The minimum absolute atomic E-state index is 0.204. The van der Waals surface area contributed by atoms with Gasteiger partial charge in [-0.05, 0) is 48.0 Å². The Morgan fingerprint density at radius 2 is 1.79 bits per heavy atom. The molecule has 34 heavy (non-hydrogen) atoms. The molecule has 2 aromatic rings. The second-order valence-corrected chi connectivity index (χ2v) is 10.4. The van der Waals surface area contributed by atoms with E-state index in [4.69, 9.17) is 5.26 Å². The predicted molar refractivity (Wildman–Crippen MR) is 133 cm³/mol. The first-order chi connectivity index (χ1) is 16.3. The molecular formula is C24H26N4O4S2. The molecular weight excluding hydrogens is 472 g/mol. The van der Waals surface area contributed by atoms with Crippen LogP contribution in [0.4, 0.5) is 5.69 Å². The highest BCUT2D eigenvalue weighted by molar-refractivity contribution is 7.99. The molecule has 0 bridgehead atoms. The molecule has 0 spiro atoms. The van der Waals surface area contributed by atoms with Gasteiger partial charge in [-0.2, -0.15) is 9.57 Å². The number of thioether (sulfide) groups is 1. The number of hydrogen-bond donors (Lipinski definition) is 1. The van der Waals surface area contributed by atoms with E-state index < -0.39 is 16.1 Å². The zero-order valence-corrected chi connectivity index (χ0v) is 20.6. The fraction of sp³-hybridized carbons (Fsp3) is 0.292. The van der Waals surface area contributed by atoms with E-state index >= 15 is 0 Å². The summed E-state index contributed by atoms with van der Waals surface area (Å²) in [6.07, 6.45) is 3.00. The van der Waals surface area contributed by atoms with Gasteiger partial charge in [0.2, 0.25) is 21.8 Å². The van der Waals surface area contributed by atoms with Crippen LogP contribution in [0.2, 0.25) is 0 Å². The lowest BCUT2D eigenvalue weighted by Gasteiger charge is -2.21. The fourth-order valence-corrected chi connectivity index (χ4v) is 6.08. The van der Waals surface area contributed by atoms with Gasteiger partial charge in [0.25, 0.3) is 0 Å². The van der Waals surface area contributed by atoms with Crippen molar-refractivity contribution in [3.05, 3.63) is 65.7 Å². The Bertz CT molecular complexity index is 1200. The van der Waals surface area contributed by atoms with Gasteiger partial charge in [0, 0.05) is 30.6 Å². The quantitative estimate of drug-likeness (QED) is 0.560. The van der Waals surface area contributed by atoms with Crippen molar-refractivity contribution in [2.24, 2.45) is 0 Å². The zero-order chi connectivity index (χ0) is 24.7. The van der Waals surface area contributed by atoms with Gasteiger partial charge in [0.05, 0.1) is 22.4 Å². The number of carbonyl (C=O) groups is 2. The maximum atomic E-state index is 12.8. The lowest BCUT2D eigenvalue weighted by molar-refractivity contribution is -0.132. The number of hydrogen-bond acceptors (Lipinski definition) is 6. The average molecular weight is 499 g/mol. The van der Waals surface area contributed by atoms with Gasteiger partial charge in [0.1, 0.15) is 6.04 Å². The van der Waals surface area contributed by atoms with Crippen molar-refractivity contribution < 1.29 is 18.0 Å².